The zero-order valence-corrected chi connectivity index (χ0v) is 17.7. The quantitative estimate of drug-likeness (QED) is 0.660. The number of anilines is 1. The van der Waals surface area contributed by atoms with Crippen LogP contribution in [-0.4, -0.2) is 53.9 Å². The summed E-state index contributed by atoms with van der Waals surface area (Å²) in [5, 5.41) is 13.7. The van der Waals surface area contributed by atoms with E-state index in [0.717, 1.165) is 12.2 Å². The molecule has 1 aliphatic heterocycles. The van der Waals surface area contributed by atoms with Gasteiger partial charge in [0.15, 0.2) is 0 Å². The van der Waals surface area contributed by atoms with Gasteiger partial charge in [0.05, 0.1) is 5.69 Å². The second kappa shape index (κ2) is 10.1. The molecular weight excluding hydrogens is 411 g/mol. The minimum atomic E-state index is -0.782. The molecule has 1 heterocycles. The molecule has 6 nitrogen and oxygen atoms in total. The van der Waals surface area contributed by atoms with E-state index in [0.29, 0.717) is 23.8 Å². The minimum Gasteiger partial charge on any atom is -0.489 e. The topological polar surface area (TPSA) is 71.0 Å². The summed E-state index contributed by atoms with van der Waals surface area (Å²) >= 11 is 5.90. The molecule has 8 heteroatoms. The van der Waals surface area contributed by atoms with Crippen molar-refractivity contribution in [1.29, 1.82) is 0 Å². The van der Waals surface area contributed by atoms with Gasteiger partial charge in [-0.2, -0.15) is 0 Å². The third-order valence-electron chi connectivity index (χ3n) is 4.91. The molecule has 0 aromatic heterocycles. The van der Waals surface area contributed by atoms with Crippen molar-refractivity contribution < 1.29 is 23.8 Å². The highest BCUT2D eigenvalue weighted by Gasteiger charge is 2.31. The van der Waals surface area contributed by atoms with Crippen molar-refractivity contribution >= 4 is 23.2 Å². The first kappa shape index (κ1) is 22.3. The number of nitrogens with zero attached hydrogens (tertiary/aromatic N) is 1. The average molecular weight is 437 g/mol. The van der Waals surface area contributed by atoms with Crippen molar-refractivity contribution in [2.45, 2.75) is 38.5 Å². The van der Waals surface area contributed by atoms with Gasteiger partial charge in [-0.25, -0.2) is 4.39 Å². The Morgan fingerprint density at radius 3 is 2.77 bits per heavy atom. The Labute approximate surface area is 180 Å². The highest BCUT2D eigenvalue weighted by atomic mass is 35.5. The van der Waals surface area contributed by atoms with Crippen molar-refractivity contribution in [3.05, 3.63) is 53.3 Å². The van der Waals surface area contributed by atoms with E-state index >= 15 is 0 Å². The van der Waals surface area contributed by atoms with Crippen LogP contribution < -0.4 is 14.8 Å². The SMILES string of the molecule is CC(=O)Nc1ccc(F)cc1OC[C@H](O)CN1C[C@@H](Oc2ccc(Cl)cc2)C[C@@H]1C. The van der Waals surface area contributed by atoms with Crippen LogP contribution in [0.2, 0.25) is 5.02 Å². The molecule has 3 rings (SSSR count). The maximum absolute atomic E-state index is 13.5. The van der Waals surface area contributed by atoms with Crippen LogP contribution in [0, 0.1) is 5.82 Å². The standard InChI is InChI=1S/C22H26ClFN2O4/c1-14-9-20(30-19-6-3-16(23)4-7-19)12-26(14)11-18(28)13-29-22-10-17(24)5-8-21(22)25-15(2)27/h3-8,10,14,18,20,28H,9,11-13H2,1-2H3,(H,25,27)/t14-,18+,20-/m0/s1. The van der Waals surface area contributed by atoms with Gasteiger partial charge in [-0.1, -0.05) is 11.6 Å². The van der Waals surface area contributed by atoms with Crippen molar-refractivity contribution in [3.8, 4) is 11.5 Å². The molecule has 0 saturated carbocycles. The molecule has 1 saturated heterocycles. The van der Waals surface area contributed by atoms with Crippen LogP contribution in [0.1, 0.15) is 20.3 Å². The minimum absolute atomic E-state index is 0.0175. The number of hydrogen-bond donors (Lipinski definition) is 2. The molecule has 30 heavy (non-hydrogen) atoms. The maximum atomic E-state index is 13.5. The third kappa shape index (κ3) is 6.32. The third-order valence-corrected chi connectivity index (χ3v) is 5.16. The molecule has 2 N–H and O–H groups in total. The Morgan fingerprint density at radius 1 is 1.33 bits per heavy atom. The van der Waals surface area contributed by atoms with Gasteiger partial charge in [0.1, 0.15) is 36.1 Å². The molecule has 0 spiro atoms. The van der Waals surface area contributed by atoms with Gasteiger partial charge < -0.3 is 19.9 Å². The maximum Gasteiger partial charge on any atom is 0.221 e. The number of rotatable bonds is 8. The largest absolute Gasteiger partial charge is 0.489 e. The molecule has 0 bridgehead atoms. The first-order chi connectivity index (χ1) is 14.3. The highest BCUT2D eigenvalue weighted by molar-refractivity contribution is 6.30. The van der Waals surface area contributed by atoms with Crippen molar-refractivity contribution in [2.24, 2.45) is 0 Å². The molecule has 3 atom stereocenters. The summed E-state index contributed by atoms with van der Waals surface area (Å²) in [6.45, 7) is 4.49. The number of amides is 1. The summed E-state index contributed by atoms with van der Waals surface area (Å²) in [6, 6.07) is 11.3. The number of halogens is 2. The second-order valence-electron chi connectivity index (χ2n) is 7.52. The Kier molecular flexibility index (Phi) is 7.53. The number of benzene rings is 2. The number of likely N-dealkylation sites (tertiary alicyclic amines) is 1. The molecule has 1 aliphatic rings. The summed E-state index contributed by atoms with van der Waals surface area (Å²) in [4.78, 5) is 13.4. The lowest BCUT2D eigenvalue weighted by molar-refractivity contribution is -0.114. The van der Waals surface area contributed by atoms with Gasteiger partial charge in [-0.15, -0.1) is 0 Å². The average Bonchev–Trinajstić information content (AvgIpc) is 3.02. The van der Waals surface area contributed by atoms with Crippen LogP contribution in [0.5, 0.6) is 11.5 Å². The summed E-state index contributed by atoms with van der Waals surface area (Å²) in [6.07, 6.45) is 0.0753. The zero-order valence-electron chi connectivity index (χ0n) is 17.0. The Hall–Kier alpha value is -2.35. The van der Waals surface area contributed by atoms with E-state index in [1.807, 2.05) is 12.1 Å². The number of ether oxygens (including phenoxy) is 2. The fourth-order valence-electron chi connectivity index (χ4n) is 3.51. The second-order valence-corrected chi connectivity index (χ2v) is 7.96. The van der Waals surface area contributed by atoms with Crippen LogP contribution in [0.4, 0.5) is 10.1 Å². The summed E-state index contributed by atoms with van der Waals surface area (Å²) < 4.78 is 25.1. The fourth-order valence-corrected chi connectivity index (χ4v) is 3.63. The number of carbonyl (C=O) groups excluding carboxylic acids is 1. The van der Waals surface area contributed by atoms with E-state index in [-0.39, 0.29) is 30.4 Å². The lowest BCUT2D eigenvalue weighted by Crippen LogP contribution is -2.38. The number of β-amino-alcohol motifs (C(OH)–C–C–N with tert-alkyl or cyclic N) is 1. The number of carbonyl (C=O) groups is 1. The van der Waals surface area contributed by atoms with Gasteiger partial charge in [-0.05, 0) is 43.3 Å². The summed E-state index contributed by atoms with van der Waals surface area (Å²) in [7, 11) is 0. The van der Waals surface area contributed by atoms with Crippen LogP contribution in [0.15, 0.2) is 42.5 Å². The molecule has 2 aromatic rings. The number of hydrogen-bond acceptors (Lipinski definition) is 5. The Balaban J connectivity index is 1.51. The van der Waals surface area contributed by atoms with Crippen LogP contribution in [-0.2, 0) is 4.79 Å². The summed E-state index contributed by atoms with van der Waals surface area (Å²) in [5.74, 6) is 0.176. The number of nitrogens with one attached hydrogen (secondary N) is 1. The molecule has 0 unspecified atom stereocenters. The Bertz CT molecular complexity index is 865. The lowest BCUT2D eigenvalue weighted by atomic mass is 10.2. The van der Waals surface area contributed by atoms with Crippen LogP contribution in [0.3, 0.4) is 0 Å². The molecular formula is C22H26ClFN2O4. The van der Waals surface area contributed by atoms with Gasteiger partial charge in [0.2, 0.25) is 5.91 Å². The number of aliphatic hydroxyl groups is 1. The number of aliphatic hydroxyl groups excluding tert-OH is 1. The van der Waals surface area contributed by atoms with E-state index in [9.17, 15) is 14.3 Å². The van der Waals surface area contributed by atoms with E-state index < -0.39 is 11.9 Å². The van der Waals surface area contributed by atoms with Crippen molar-refractivity contribution in [3.63, 3.8) is 0 Å². The molecule has 2 aromatic carbocycles. The van der Waals surface area contributed by atoms with Gasteiger partial charge in [-0.3, -0.25) is 9.69 Å². The van der Waals surface area contributed by atoms with Crippen molar-refractivity contribution in [1.82, 2.24) is 4.90 Å². The monoisotopic (exact) mass is 436 g/mol. The van der Waals surface area contributed by atoms with E-state index in [2.05, 4.69) is 17.1 Å². The zero-order chi connectivity index (χ0) is 21.7. The van der Waals surface area contributed by atoms with Gasteiger partial charge >= 0.3 is 0 Å². The molecule has 1 fully saturated rings. The van der Waals surface area contributed by atoms with Crippen LogP contribution >= 0.6 is 11.6 Å². The molecule has 0 aliphatic carbocycles. The van der Waals surface area contributed by atoms with E-state index in [4.69, 9.17) is 21.1 Å². The normalized spacial score (nSPS) is 20.0. The van der Waals surface area contributed by atoms with Gasteiger partial charge in [0.25, 0.3) is 0 Å². The summed E-state index contributed by atoms with van der Waals surface area (Å²) in [5.41, 5.74) is 0.363. The van der Waals surface area contributed by atoms with Crippen molar-refractivity contribution in [2.75, 3.05) is 25.0 Å². The molecule has 162 valence electrons. The molecule has 0 radical (unpaired) electrons. The Morgan fingerprint density at radius 2 is 2.07 bits per heavy atom. The lowest BCUT2D eigenvalue weighted by Gasteiger charge is -2.24. The predicted molar refractivity (Wildman–Crippen MR) is 114 cm³/mol. The van der Waals surface area contributed by atoms with E-state index in [1.165, 1.54) is 25.1 Å². The first-order valence-corrected chi connectivity index (χ1v) is 10.2. The highest BCUT2D eigenvalue weighted by Crippen LogP contribution is 2.27. The van der Waals surface area contributed by atoms with Crippen LogP contribution in [0.25, 0.3) is 0 Å². The fraction of sp³-hybridized carbons (Fsp3) is 0.409. The first-order valence-electron chi connectivity index (χ1n) is 9.84. The van der Waals surface area contributed by atoms with Gasteiger partial charge in [0, 0.05) is 43.6 Å². The van der Waals surface area contributed by atoms with E-state index in [1.54, 1.807) is 12.1 Å². The molecule has 1 amide bonds. The predicted octanol–water partition coefficient (Wildman–Crippen LogP) is 3.72. The smallest absolute Gasteiger partial charge is 0.221 e.